The van der Waals surface area contributed by atoms with Crippen LogP contribution in [0.1, 0.15) is 39.0 Å². The fourth-order valence-electron chi connectivity index (χ4n) is 2.97. The smallest absolute Gasteiger partial charge is 0.241 e. The number of pyridine rings is 1. The van der Waals surface area contributed by atoms with Crippen LogP contribution in [-0.2, 0) is 10.0 Å². The summed E-state index contributed by atoms with van der Waals surface area (Å²) in [5.41, 5.74) is 0. The maximum absolute atomic E-state index is 11.5. The standard InChI is InChI=1S/C14H23N3O2S/c1-11-4-2-5-12(10-11)7-9-17-14-13(20(15,18)19)6-3-8-16-14/h3,6,8,11-12H,2,4-5,7,9-10H2,1H3,(H,16,17)(H2,15,18,19). The summed E-state index contributed by atoms with van der Waals surface area (Å²) < 4.78 is 22.9. The lowest BCUT2D eigenvalue weighted by atomic mass is 9.81. The summed E-state index contributed by atoms with van der Waals surface area (Å²) in [5, 5.41) is 8.29. The minimum Gasteiger partial charge on any atom is -0.369 e. The van der Waals surface area contributed by atoms with Crippen molar-refractivity contribution >= 4 is 15.8 Å². The Kier molecular flexibility index (Phi) is 4.99. The summed E-state index contributed by atoms with van der Waals surface area (Å²) >= 11 is 0. The number of primary sulfonamides is 1. The van der Waals surface area contributed by atoms with Gasteiger partial charge >= 0.3 is 0 Å². The van der Waals surface area contributed by atoms with E-state index in [4.69, 9.17) is 5.14 Å². The van der Waals surface area contributed by atoms with Gasteiger partial charge in [-0.25, -0.2) is 18.5 Å². The van der Waals surface area contributed by atoms with Gasteiger partial charge in [-0.15, -0.1) is 0 Å². The Bertz CT molecular complexity index is 545. The number of nitrogens with one attached hydrogen (secondary N) is 1. The van der Waals surface area contributed by atoms with Crippen LogP contribution < -0.4 is 10.5 Å². The van der Waals surface area contributed by atoms with Gasteiger partial charge < -0.3 is 5.32 Å². The molecule has 0 aromatic carbocycles. The third-order valence-electron chi connectivity index (χ3n) is 3.97. The number of aromatic nitrogens is 1. The topological polar surface area (TPSA) is 85.1 Å². The number of nitrogens with two attached hydrogens (primary N) is 1. The van der Waals surface area contributed by atoms with Gasteiger partial charge in [0, 0.05) is 12.7 Å². The van der Waals surface area contributed by atoms with Crippen LogP contribution in [0.2, 0.25) is 0 Å². The van der Waals surface area contributed by atoms with Crippen LogP contribution in [0.5, 0.6) is 0 Å². The summed E-state index contributed by atoms with van der Waals surface area (Å²) in [6.45, 7) is 3.04. The number of anilines is 1. The molecule has 1 saturated carbocycles. The maximum Gasteiger partial charge on any atom is 0.241 e. The van der Waals surface area contributed by atoms with Crippen molar-refractivity contribution in [3.05, 3.63) is 18.3 Å². The normalized spacial score (nSPS) is 23.5. The van der Waals surface area contributed by atoms with Crippen molar-refractivity contribution in [2.75, 3.05) is 11.9 Å². The molecule has 0 amide bonds. The zero-order valence-corrected chi connectivity index (χ0v) is 12.7. The van der Waals surface area contributed by atoms with Gasteiger partial charge in [0.25, 0.3) is 0 Å². The van der Waals surface area contributed by atoms with Crippen LogP contribution in [-0.4, -0.2) is 19.9 Å². The summed E-state index contributed by atoms with van der Waals surface area (Å²) in [7, 11) is -3.72. The van der Waals surface area contributed by atoms with Crippen molar-refractivity contribution < 1.29 is 8.42 Å². The van der Waals surface area contributed by atoms with Gasteiger partial charge in [0.05, 0.1) is 0 Å². The molecule has 2 atom stereocenters. The molecule has 2 unspecified atom stereocenters. The first-order valence-corrected chi connectivity index (χ1v) is 8.73. The fraction of sp³-hybridized carbons (Fsp3) is 0.643. The Morgan fingerprint density at radius 3 is 2.95 bits per heavy atom. The molecule has 0 spiro atoms. The molecule has 2 rings (SSSR count). The lowest BCUT2D eigenvalue weighted by molar-refractivity contribution is 0.274. The highest BCUT2D eigenvalue weighted by molar-refractivity contribution is 7.89. The van der Waals surface area contributed by atoms with Crippen LogP contribution in [0.25, 0.3) is 0 Å². The molecule has 20 heavy (non-hydrogen) atoms. The Hall–Kier alpha value is -1.14. The van der Waals surface area contributed by atoms with Gasteiger partial charge in [0.15, 0.2) is 0 Å². The third kappa shape index (κ3) is 4.18. The molecule has 0 aliphatic heterocycles. The molecule has 1 aliphatic rings. The third-order valence-corrected chi connectivity index (χ3v) is 4.91. The van der Waals surface area contributed by atoms with E-state index in [1.807, 2.05) is 0 Å². The predicted octanol–water partition coefficient (Wildman–Crippen LogP) is 2.36. The van der Waals surface area contributed by atoms with Crippen LogP contribution in [0.15, 0.2) is 23.2 Å². The molecule has 0 bridgehead atoms. The minimum absolute atomic E-state index is 0.0667. The van der Waals surface area contributed by atoms with Crippen molar-refractivity contribution in [1.82, 2.24) is 4.98 Å². The quantitative estimate of drug-likeness (QED) is 0.873. The molecule has 0 saturated heterocycles. The molecule has 1 aliphatic carbocycles. The van der Waals surface area contributed by atoms with Gasteiger partial charge in [-0.1, -0.05) is 26.2 Å². The van der Waals surface area contributed by atoms with Gasteiger partial charge in [-0.3, -0.25) is 0 Å². The molecule has 6 heteroatoms. The van der Waals surface area contributed by atoms with Crippen molar-refractivity contribution in [2.24, 2.45) is 17.0 Å². The highest BCUT2D eigenvalue weighted by Gasteiger charge is 2.19. The van der Waals surface area contributed by atoms with Crippen LogP contribution in [0.4, 0.5) is 5.82 Å². The van der Waals surface area contributed by atoms with Crippen LogP contribution in [0.3, 0.4) is 0 Å². The SMILES string of the molecule is CC1CCCC(CCNc2ncccc2S(N)(=O)=O)C1. The van der Waals surface area contributed by atoms with Crippen molar-refractivity contribution in [2.45, 2.75) is 43.9 Å². The van der Waals surface area contributed by atoms with E-state index >= 15 is 0 Å². The summed E-state index contributed by atoms with van der Waals surface area (Å²) in [4.78, 5) is 4.14. The maximum atomic E-state index is 11.5. The minimum atomic E-state index is -3.72. The first-order chi connectivity index (χ1) is 9.47. The predicted molar refractivity (Wildman–Crippen MR) is 79.8 cm³/mol. The van der Waals surface area contributed by atoms with E-state index in [9.17, 15) is 8.42 Å². The molecule has 1 aromatic heterocycles. The molecule has 112 valence electrons. The van der Waals surface area contributed by atoms with E-state index in [1.165, 1.54) is 31.7 Å². The number of sulfonamides is 1. The van der Waals surface area contributed by atoms with Crippen molar-refractivity contribution in [1.29, 1.82) is 0 Å². The Morgan fingerprint density at radius 1 is 1.45 bits per heavy atom. The molecule has 3 N–H and O–H groups in total. The molecule has 1 fully saturated rings. The summed E-state index contributed by atoms with van der Waals surface area (Å²) in [6, 6.07) is 3.06. The van der Waals surface area contributed by atoms with Gasteiger partial charge in [-0.05, 0) is 36.8 Å². The lowest BCUT2D eigenvalue weighted by Crippen LogP contribution is -2.19. The van der Waals surface area contributed by atoms with Crippen LogP contribution >= 0.6 is 0 Å². The second-order valence-electron chi connectivity index (χ2n) is 5.75. The van der Waals surface area contributed by atoms with Crippen molar-refractivity contribution in [3.63, 3.8) is 0 Å². The first-order valence-electron chi connectivity index (χ1n) is 7.18. The second kappa shape index (κ2) is 6.54. The second-order valence-corrected chi connectivity index (χ2v) is 7.28. The zero-order valence-electron chi connectivity index (χ0n) is 11.9. The molecule has 5 nitrogen and oxygen atoms in total. The number of hydrogen-bond donors (Lipinski definition) is 2. The zero-order chi connectivity index (χ0) is 14.6. The Morgan fingerprint density at radius 2 is 2.25 bits per heavy atom. The Balaban J connectivity index is 1.91. The molecule has 1 heterocycles. The van der Waals surface area contributed by atoms with Crippen molar-refractivity contribution in [3.8, 4) is 0 Å². The molecule has 0 radical (unpaired) electrons. The summed E-state index contributed by atoms with van der Waals surface area (Å²) in [6.07, 6.45) is 7.80. The molecular formula is C14H23N3O2S. The highest BCUT2D eigenvalue weighted by Crippen LogP contribution is 2.30. The van der Waals surface area contributed by atoms with E-state index in [0.29, 0.717) is 5.82 Å². The molecule has 1 aromatic rings. The number of nitrogens with zero attached hydrogens (tertiary/aromatic N) is 1. The van der Waals surface area contributed by atoms with Gasteiger partial charge in [0.2, 0.25) is 10.0 Å². The average molecular weight is 297 g/mol. The number of hydrogen-bond acceptors (Lipinski definition) is 4. The van der Waals surface area contributed by atoms with Gasteiger partial charge in [0.1, 0.15) is 10.7 Å². The lowest BCUT2D eigenvalue weighted by Gasteiger charge is -2.26. The number of rotatable bonds is 5. The van der Waals surface area contributed by atoms with Crippen LogP contribution in [0, 0.1) is 11.8 Å². The Labute approximate surface area is 121 Å². The average Bonchev–Trinajstić information content (AvgIpc) is 2.38. The van der Waals surface area contributed by atoms with E-state index in [1.54, 1.807) is 12.3 Å². The van der Waals surface area contributed by atoms with E-state index in [2.05, 4.69) is 17.2 Å². The fourth-order valence-corrected chi connectivity index (χ4v) is 3.63. The van der Waals surface area contributed by atoms with E-state index < -0.39 is 10.0 Å². The molecular weight excluding hydrogens is 274 g/mol. The summed E-state index contributed by atoms with van der Waals surface area (Å²) in [5.74, 6) is 1.90. The first kappa shape index (κ1) is 15.3. The van der Waals surface area contributed by atoms with E-state index in [-0.39, 0.29) is 4.90 Å². The monoisotopic (exact) mass is 297 g/mol. The highest BCUT2D eigenvalue weighted by atomic mass is 32.2. The van der Waals surface area contributed by atoms with E-state index in [0.717, 1.165) is 24.8 Å². The van der Waals surface area contributed by atoms with Gasteiger partial charge in [-0.2, -0.15) is 0 Å². The largest absolute Gasteiger partial charge is 0.369 e.